The Morgan fingerprint density at radius 1 is 1.12 bits per heavy atom. The molecule has 0 fully saturated rings. The van der Waals surface area contributed by atoms with E-state index in [2.05, 4.69) is 10.0 Å². The van der Waals surface area contributed by atoms with Crippen molar-refractivity contribution >= 4 is 40.3 Å². The molecule has 0 aromatic heterocycles. The number of halogens is 1. The second-order valence-corrected chi connectivity index (χ2v) is 9.18. The van der Waals surface area contributed by atoms with Crippen molar-refractivity contribution in [1.82, 2.24) is 5.32 Å². The molecule has 1 heterocycles. The third-order valence-electron chi connectivity index (χ3n) is 5.23. The summed E-state index contributed by atoms with van der Waals surface area (Å²) < 4.78 is 20.7. The number of fused-ring (bicyclic) bond motifs is 1. The number of amides is 1. The summed E-state index contributed by atoms with van der Waals surface area (Å²) in [5.74, 6) is 0.182. The lowest BCUT2D eigenvalue weighted by Gasteiger charge is -2.27. The lowest BCUT2D eigenvalue weighted by atomic mass is 9.98. The normalized spacial score (nSPS) is 17.3. The summed E-state index contributed by atoms with van der Waals surface area (Å²) >= 11 is 4.46. The number of Topliss-reactive ketones (excluding diaryl/α,β-unsaturated/α-hetero) is 1. The fourth-order valence-corrected chi connectivity index (χ4v) is 4.92. The van der Waals surface area contributed by atoms with E-state index in [1.165, 1.54) is 0 Å². The third kappa shape index (κ3) is 4.91. The Balaban J connectivity index is 1.48. The highest BCUT2D eigenvalue weighted by molar-refractivity contribution is 7.94. The summed E-state index contributed by atoms with van der Waals surface area (Å²) in [5, 5.41) is 2.65. The van der Waals surface area contributed by atoms with E-state index in [1.54, 1.807) is 43.5 Å². The maximum atomic E-state index is 13.1. The number of hydrogen-bond acceptors (Lipinski definition) is 5. The van der Waals surface area contributed by atoms with Crippen LogP contribution in [0.1, 0.15) is 31.8 Å². The van der Waals surface area contributed by atoms with Crippen molar-refractivity contribution < 1.29 is 18.9 Å². The highest BCUT2D eigenvalue weighted by Gasteiger charge is 2.39. The molecule has 0 radical (unpaired) electrons. The van der Waals surface area contributed by atoms with E-state index >= 15 is 0 Å². The van der Waals surface area contributed by atoms with E-state index in [1.807, 2.05) is 30.3 Å². The molecule has 2 N–H and O–H groups in total. The first-order chi connectivity index (χ1) is 15.4. The molecule has 4 rings (SSSR count). The van der Waals surface area contributed by atoms with Crippen LogP contribution in [-0.4, -0.2) is 28.6 Å². The van der Waals surface area contributed by atoms with Gasteiger partial charge in [-0.05, 0) is 53.6 Å². The summed E-state index contributed by atoms with van der Waals surface area (Å²) in [6, 6.07) is 19.3. The molecule has 2 atom stereocenters. The van der Waals surface area contributed by atoms with Gasteiger partial charge in [-0.25, -0.2) is 4.72 Å². The van der Waals surface area contributed by atoms with Gasteiger partial charge in [0.25, 0.3) is 5.91 Å². The largest absolute Gasteiger partial charge is 0.592 e. The van der Waals surface area contributed by atoms with Gasteiger partial charge >= 0.3 is 0 Å². The molecule has 3 aromatic carbocycles. The molecular weight excluding hydrogens is 448 g/mol. The van der Waals surface area contributed by atoms with Crippen LogP contribution in [0, 0.1) is 0 Å². The number of rotatable bonds is 6. The molecule has 0 bridgehead atoms. The van der Waals surface area contributed by atoms with Gasteiger partial charge in [-0.1, -0.05) is 35.9 Å². The second-order valence-electron chi connectivity index (χ2n) is 7.38. The molecule has 6 nitrogen and oxygen atoms in total. The van der Waals surface area contributed by atoms with Gasteiger partial charge in [0.05, 0.1) is 29.7 Å². The molecule has 32 heavy (non-hydrogen) atoms. The van der Waals surface area contributed by atoms with Crippen molar-refractivity contribution in [1.29, 1.82) is 0 Å². The molecule has 1 aliphatic rings. The average molecular weight is 469 g/mol. The van der Waals surface area contributed by atoms with Crippen molar-refractivity contribution in [3.8, 4) is 5.75 Å². The van der Waals surface area contributed by atoms with Gasteiger partial charge in [-0.15, -0.1) is 0 Å². The van der Waals surface area contributed by atoms with Gasteiger partial charge in [-0.2, -0.15) is 0 Å². The number of nitrogens with one attached hydrogen (secondary N) is 2. The topological polar surface area (TPSA) is 90.5 Å². The molecule has 0 saturated heterocycles. The maximum Gasteiger partial charge on any atom is 0.251 e. The molecule has 8 heteroatoms. The van der Waals surface area contributed by atoms with Crippen molar-refractivity contribution in [3.05, 3.63) is 94.0 Å². The van der Waals surface area contributed by atoms with Gasteiger partial charge < -0.3 is 14.6 Å². The van der Waals surface area contributed by atoms with Crippen LogP contribution in [0.3, 0.4) is 0 Å². The fourth-order valence-electron chi connectivity index (χ4n) is 3.50. The summed E-state index contributed by atoms with van der Waals surface area (Å²) in [6.07, 6.45) is 0.284. The molecule has 164 valence electrons. The Labute approximate surface area is 194 Å². The van der Waals surface area contributed by atoms with Gasteiger partial charge in [0, 0.05) is 23.6 Å². The standard InChI is InChI=1S/C24H21ClN2O4S/c1-31-19-8-5-15(6-9-19)14-26-24(29)17-7-10-21-20(13-17)23(28)22(32(30)27-21)12-16-3-2-4-18(25)11-16/h2-11,13,22,27H,12,14H2,1H3,(H,26,29). The van der Waals surface area contributed by atoms with Crippen LogP contribution in [0.5, 0.6) is 5.75 Å². The van der Waals surface area contributed by atoms with Crippen LogP contribution in [0.15, 0.2) is 66.7 Å². The van der Waals surface area contributed by atoms with Crippen LogP contribution < -0.4 is 14.8 Å². The first kappa shape index (κ1) is 22.2. The molecule has 0 saturated carbocycles. The zero-order valence-electron chi connectivity index (χ0n) is 17.3. The quantitative estimate of drug-likeness (QED) is 0.530. The Kier molecular flexibility index (Phi) is 6.69. The summed E-state index contributed by atoms with van der Waals surface area (Å²) in [4.78, 5) is 25.8. The molecule has 3 aromatic rings. The number of ketones is 1. The molecule has 1 aliphatic heterocycles. The Bertz CT molecular complexity index is 1150. The van der Waals surface area contributed by atoms with E-state index < -0.39 is 16.6 Å². The van der Waals surface area contributed by atoms with Gasteiger partial charge in [0.1, 0.15) is 5.75 Å². The second kappa shape index (κ2) is 9.65. The Morgan fingerprint density at radius 2 is 1.91 bits per heavy atom. The van der Waals surface area contributed by atoms with Crippen molar-refractivity contribution in [2.24, 2.45) is 0 Å². The Morgan fingerprint density at radius 3 is 2.62 bits per heavy atom. The summed E-state index contributed by atoms with van der Waals surface area (Å²) in [6.45, 7) is 0.341. The summed E-state index contributed by atoms with van der Waals surface area (Å²) in [5.41, 5.74) is 2.92. The van der Waals surface area contributed by atoms with E-state index in [4.69, 9.17) is 16.3 Å². The molecule has 2 unspecified atom stereocenters. The van der Waals surface area contributed by atoms with Crippen LogP contribution in [0.4, 0.5) is 5.69 Å². The highest BCUT2D eigenvalue weighted by Crippen LogP contribution is 2.30. The van der Waals surface area contributed by atoms with E-state index in [0.29, 0.717) is 28.4 Å². The molecule has 0 aliphatic carbocycles. The number of hydrogen-bond donors (Lipinski definition) is 2. The number of benzene rings is 3. The monoisotopic (exact) mass is 468 g/mol. The molecular formula is C24H21ClN2O4S. The minimum atomic E-state index is -1.58. The van der Waals surface area contributed by atoms with E-state index in [0.717, 1.165) is 16.9 Å². The number of ether oxygens (including phenoxy) is 1. The molecule has 1 amide bonds. The van der Waals surface area contributed by atoms with Crippen LogP contribution >= 0.6 is 11.6 Å². The first-order valence-electron chi connectivity index (χ1n) is 9.95. The minimum Gasteiger partial charge on any atom is -0.592 e. The summed E-state index contributed by atoms with van der Waals surface area (Å²) in [7, 11) is 1.60. The van der Waals surface area contributed by atoms with Gasteiger partial charge in [-0.3, -0.25) is 9.59 Å². The minimum absolute atomic E-state index is 0.262. The third-order valence-corrected chi connectivity index (χ3v) is 6.78. The predicted molar refractivity (Wildman–Crippen MR) is 126 cm³/mol. The fraction of sp³-hybridized carbons (Fsp3) is 0.167. The van der Waals surface area contributed by atoms with E-state index in [-0.39, 0.29) is 18.1 Å². The van der Waals surface area contributed by atoms with Gasteiger partial charge in [0.15, 0.2) is 0 Å². The SMILES string of the molecule is COc1ccc(CNC(=O)c2ccc3c(c2)C(=O)C(Cc2cccc(Cl)c2)[S+]([O-])N3)cc1. The van der Waals surface area contributed by atoms with Crippen LogP contribution in [0.25, 0.3) is 0 Å². The zero-order chi connectivity index (χ0) is 22.7. The predicted octanol–water partition coefficient (Wildman–Crippen LogP) is 4.16. The first-order valence-corrected chi connectivity index (χ1v) is 11.5. The zero-order valence-corrected chi connectivity index (χ0v) is 18.8. The number of methoxy groups -OCH3 is 1. The smallest absolute Gasteiger partial charge is 0.251 e. The van der Waals surface area contributed by atoms with Gasteiger partial charge in [0.2, 0.25) is 11.0 Å². The highest BCUT2D eigenvalue weighted by atomic mass is 35.5. The lowest BCUT2D eigenvalue weighted by molar-refractivity contribution is 0.0951. The van der Waals surface area contributed by atoms with Crippen LogP contribution in [0.2, 0.25) is 5.02 Å². The van der Waals surface area contributed by atoms with Crippen molar-refractivity contribution in [2.75, 3.05) is 11.8 Å². The number of anilines is 1. The van der Waals surface area contributed by atoms with Crippen molar-refractivity contribution in [2.45, 2.75) is 18.2 Å². The number of carbonyl (C=O) groups is 2. The lowest BCUT2D eigenvalue weighted by Crippen LogP contribution is -2.41. The van der Waals surface area contributed by atoms with E-state index in [9.17, 15) is 14.1 Å². The molecule has 0 spiro atoms. The number of carbonyl (C=O) groups excluding carboxylic acids is 2. The van der Waals surface area contributed by atoms with Crippen molar-refractivity contribution in [3.63, 3.8) is 0 Å². The maximum absolute atomic E-state index is 13.1. The average Bonchev–Trinajstić information content (AvgIpc) is 2.80. The van der Waals surface area contributed by atoms with Crippen LogP contribution in [-0.2, 0) is 24.3 Å². The Hall–Kier alpha value is -3.00.